The minimum atomic E-state index is -0.897. The average Bonchev–Trinajstić information content (AvgIpc) is 2.92. The van der Waals surface area contributed by atoms with Gasteiger partial charge < -0.3 is 24.1 Å². The maximum Gasteiger partial charge on any atom is 0.129 e. The van der Waals surface area contributed by atoms with Crippen molar-refractivity contribution in [1.29, 1.82) is 0 Å². The molecule has 0 amide bonds. The van der Waals surface area contributed by atoms with Crippen LogP contribution in [0.5, 0.6) is 23.0 Å². The van der Waals surface area contributed by atoms with Crippen molar-refractivity contribution in [2.75, 3.05) is 28.4 Å². The van der Waals surface area contributed by atoms with E-state index in [9.17, 15) is 5.11 Å². The molecule has 5 heteroatoms. The van der Waals surface area contributed by atoms with Gasteiger partial charge in [0.2, 0.25) is 0 Å². The zero-order valence-electron chi connectivity index (χ0n) is 18.4. The van der Waals surface area contributed by atoms with Crippen molar-refractivity contribution < 1.29 is 24.1 Å². The second-order valence-electron chi connectivity index (χ2n) is 7.45. The van der Waals surface area contributed by atoms with Gasteiger partial charge in [0.05, 0.1) is 28.4 Å². The van der Waals surface area contributed by atoms with Crippen LogP contribution in [-0.4, -0.2) is 33.5 Å². The van der Waals surface area contributed by atoms with Gasteiger partial charge in [-0.15, -0.1) is 0 Å². The minimum absolute atomic E-state index is 0.570. The molecule has 3 aromatic carbocycles. The number of benzene rings is 3. The Hall–Kier alpha value is -3.44. The predicted octanol–water partition coefficient (Wildman–Crippen LogP) is 5.01. The summed E-state index contributed by atoms with van der Waals surface area (Å²) in [4.78, 5) is 0. The fraction of sp³-hybridized carbons (Fsp3) is 0.231. The highest BCUT2D eigenvalue weighted by Crippen LogP contribution is 2.47. The summed E-state index contributed by atoms with van der Waals surface area (Å²) in [7, 11) is 6.50. The third kappa shape index (κ3) is 3.62. The van der Waals surface area contributed by atoms with Crippen LogP contribution in [0.2, 0.25) is 0 Å². The lowest BCUT2D eigenvalue weighted by atomic mass is 9.89. The van der Waals surface area contributed by atoms with E-state index in [4.69, 9.17) is 18.9 Å². The highest BCUT2D eigenvalue weighted by atomic mass is 16.5. The summed E-state index contributed by atoms with van der Waals surface area (Å²) in [5.74, 6) is 2.70. The number of rotatable bonds is 5. The number of methoxy groups -OCH3 is 4. The van der Waals surface area contributed by atoms with Gasteiger partial charge in [0.15, 0.2) is 0 Å². The fourth-order valence-corrected chi connectivity index (χ4v) is 4.15. The number of hydrogen-bond acceptors (Lipinski definition) is 5. The quantitative estimate of drug-likeness (QED) is 0.631. The van der Waals surface area contributed by atoms with Crippen LogP contribution >= 0.6 is 0 Å². The molecule has 0 aliphatic heterocycles. The van der Waals surface area contributed by atoms with Crippen molar-refractivity contribution in [3.63, 3.8) is 0 Å². The van der Waals surface area contributed by atoms with E-state index in [1.54, 1.807) is 34.5 Å². The first-order valence-corrected chi connectivity index (χ1v) is 9.99. The van der Waals surface area contributed by atoms with Crippen LogP contribution in [0.4, 0.5) is 0 Å². The SMILES string of the molecule is COc1ccc(C2=Cc3cc(OC)cc(OC)c3C(O)c3cc(C)cc(OC)c32)cc1. The van der Waals surface area contributed by atoms with E-state index >= 15 is 0 Å². The lowest BCUT2D eigenvalue weighted by Gasteiger charge is -2.21. The molecule has 1 N–H and O–H groups in total. The molecule has 31 heavy (non-hydrogen) atoms. The van der Waals surface area contributed by atoms with E-state index in [2.05, 4.69) is 6.08 Å². The third-order valence-corrected chi connectivity index (χ3v) is 5.64. The van der Waals surface area contributed by atoms with Crippen molar-refractivity contribution in [1.82, 2.24) is 0 Å². The van der Waals surface area contributed by atoms with Gasteiger partial charge in [0.25, 0.3) is 0 Å². The van der Waals surface area contributed by atoms with Crippen LogP contribution < -0.4 is 18.9 Å². The Kier molecular flexibility index (Phi) is 5.61. The molecule has 160 valence electrons. The summed E-state index contributed by atoms with van der Waals surface area (Å²) in [5.41, 5.74) is 6.04. The molecule has 0 aromatic heterocycles. The van der Waals surface area contributed by atoms with Crippen LogP contribution in [0.1, 0.15) is 39.5 Å². The second-order valence-corrected chi connectivity index (χ2v) is 7.45. The Bertz CT molecular complexity index is 1150. The molecular formula is C26H26O5. The van der Waals surface area contributed by atoms with Crippen molar-refractivity contribution in [2.24, 2.45) is 0 Å². The van der Waals surface area contributed by atoms with E-state index in [1.165, 1.54) is 0 Å². The zero-order chi connectivity index (χ0) is 22.1. The smallest absolute Gasteiger partial charge is 0.129 e. The molecule has 0 radical (unpaired) electrons. The Labute approximate surface area is 182 Å². The van der Waals surface area contributed by atoms with Crippen LogP contribution in [0.15, 0.2) is 48.5 Å². The lowest BCUT2D eigenvalue weighted by molar-refractivity contribution is 0.213. The maximum absolute atomic E-state index is 11.5. The largest absolute Gasteiger partial charge is 0.497 e. The van der Waals surface area contributed by atoms with E-state index < -0.39 is 6.10 Å². The first-order valence-electron chi connectivity index (χ1n) is 9.99. The van der Waals surface area contributed by atoms with Crippen molar-refractivity contribution in [2.45, 2.75) is 13.0 Å². The van der Waals surface area contributed by atoms with Gasteiger partial charge in [-0.05, 0) is 65.1 Å². The van der Waals surface area contributed by atoms with Gasteiger partial charge in [-0.3, -0.25) is 0 Å². The molecule has 1 aliphatic carbocycles. The summed E-state index contributed by atoms with van der Waals surface area (Å²) in [6.45, 7) is 1.99. The molecule has 0 bridgehead atoms. The monoisotopic (exact) mass is 418 g/mol. The Balaban J connectivity index is 2.09. The van der Waals surface area contributed by atoms with Crippen LogP contribution in [0.25, 0.3) is 11.6 Å². The lowest BCUT2D eigenvalue weighted by Crippen LogP contribution is -2.07. The van der Waals surface area contributed by atoms with Crippen molar-refractivity contribution >= 4 is 11.6 Å². The van der Waals surface area contributed by atoms with Crippen LogP contribution in [0.3, 0.4) is 0 Å². The number of aliphatic hydroxyl groups excluding tert-OH is 1. The molecule has 1 atom stereocenters. The van der Waals surface area contributed by atoms with Gasteiger partial charge >= 0.3 is 0 Å². The Morgan fingerprint density at radius 3 is 2.03 bits per heavy atom. The molecule has 5 nitrogen and oxygen atoms in total. The molecule has 4 rings (SSSR count). The number of hydrogen-bond donors (Lipinski definition) is 1. The van der Waals surface area contributed by atoms with Crippen molar-refractivity contribution in [3.8, 4) is 23.0 Å². The summed E-state index contributed by atoms with van der Waals surface area (Å²) < 4.78 is 22.2. The van der Waals surface area contributed by atoms with Gasteiger partial charge in [0.1, 0.15) is 29.1 Å². The molecule has 0 heterocycles. The molecule has 0 saturated carbocycles. The summed E-state index contributed by atoms with van der Waals surface area (Å²) in [5, 5.41) is 11.5. The predicted molar refractivity (Wildman–Crippen MR) is 121 cm³/mol. The standard InChI is InChI=1S/C26H26O5/c1-15-10-21-25(22(11-15)30-4)20(16-6-8-18(28-2)9-7-16)13-17-12-19(29-3)14-23(31-5)24(17)26(21)27/h6-14,26-27H,1-5H3. The summed E-state index contributed by atoms with van der Waals surface area (Å²) in [6.07, 6.45) is 1.15. The van der Waals surface area contributed by atoms with Crippen LogP contribution in [0, 0.1) is 6.92 Å². The zero-order valence-corrected chi connectivity index (χ0v) is 18.4. The second kappa shape index (κ2) is 8.36. The average molecular weight is 418 g/mol. The molecule has 0 saturated heterocycles. The van der Waals surface area contributed by atoms with Gasteiger partial charge in [-0.1, -0.05) is 18.2 Å². The highest BCUT2D eigenvalue weighted by molar-refractivity contribution is 5.97. The van der Waals surface area contributed by atoms with Crippen molar-refractivity contribution in [3.05, 3.63) is 81.9 Å². The number of fused-ring (bicyclic) bond motifs is 2. The first-order chi connectivity index (χ1) is 15.0. The molecule has 3 aromatic rings. The Morgan fingerprint density at radius 1 is 0.742 bits per heavy atom. The van der Waals surface area contributed by atoms with E-state index in [1.807, 2.05) is 49.4 Å². The molecule has 1 aliphatic rings. The van der Waals surface area contributed by atoms with E-state index in [0.717, 1.165) is 39.1 Å². The summed E-state index contributed by atoms with van der Waals surface area (Å²) >= 11 is 0. The number of aliphatic hydroxyl groups is 1. The van der Waals surface area contributed by atoms with Gasteiger partial charge in [0, 0.05) is 17.2 Å². The number of aryl methyl sites for hydroxylation is 1. The minimum Gasteiger partial charge on any atom is -0.497 e. The maximum atomic E-state index is 11.5. The van der Waals surface area contributed by atoms with E-state index in [0.29, 0.717) is 22.8 Å². The van der Waals surface area contributed by atoms with Gasteiger partial charge in [-0.2, -0.15) is 0 Å². The first kappa shape index (κ1) is 20.8. The Morgan fingerprint density at radius 2 is 1.42 bits per heavy atom. The summed E-state index contributed by atoms with van der Waals surface area (Å²) in [6, 6.07) is 15.5. The molecular weight excluding hydrogens is 392 g/mol. The molecule has 0 spiro atoms. The topological polar surface area (TPSA) is 57.2 Å². The molecule has 0 fully saturated rings. The third-order valence-electron chi connectivity index (χ3n) is 5.64. The number of ether oxygens (including phenoxy) is 4. The van der Waals surface area contributed by atoms with E-state index in [-0.39, 0.29) is 0 Å². The molecule has 1 unspecified atom stereocenters. The van der Waals surface area contributed by atoms with Gasteiger partial charge in [-0.25, -0.2) is 0 Å². The fourth-order valence-electron chi connectivity index (χ4n) is 4.15. The highest BCUT2D eigenvalue weighted by Gasteiger charge is 2.30. The normalized spacial score (nSPS) is 14.6. The van der Waals surface area contributed by atoms with Crippen LogP contribution in [-0.2, 0) is 0 Å².